The molecule has 1 aliphatic rings. The van der Waals surface area contributed by atoms with Gasteiger partial charge >= 0.3 is 0 Å². The Hall–Kier alpha value is -3.02. The Bertz CT molecular complexity index is 877. The van der Waals surface area contributed by atoms with Gasteiger partial charge in [0.15, 0.2) is 11.5 Å². The van der Waals surface area contributed by atoms with Gasteiger partial charge in [-0.1, -0.05) is 32.3 Å². The van der Waals surface area contributed by atoms with Crippen LogP contribution in [0.4, 0.5) is 11.4 Å². The van der Waals surface area contributed by atoms with Crippen molar-refractivity contribution < 1.29 is 19.1 Å². The van der Waals surface area contributed by atoms with E-state index in [1.54, 1.807) is 43.5 Å². The van der Waals surface area contributed by atoms with Crippen molar-refractivity contribution in [2.24, 2.45) is 5.92 Å². The van der Waals surface area contributed by atoms with E-state index in [1.165, 1.54) is 12.8 Å². The Morgan fingerprint density at radius 1 is 0.967 bits per heavy atom. The fraction of sp³-hybridized carbons (Fsp3) is 0.417. The van der Waals surface area contributed by atoms with Gasteiger partial charge in [-0.25, -0.2) is 0 Å². The van der Waals surface area contributed by atoms with Gasteiger partial charge in [0.25, 0.3) is 5.91 Å². The van der Waals surface area contributed by atoms with Crippen molar-refractivity contribution in [3.8, 4) is 11.5 Å². The van der Waals surface area contributed by atoms with Crippen LogP contribution in [0.5, 0.6) is 11.5 Å². The monoisotopic (exact) mass is 410 g/mol. The highest BCUT2D eigenvalue weighted by molar-refractivity contribution is 6.05. The number of rotatable bonds is 11. The zero-order valence-electron chi connectivity index (χ0n) is 17.7. The topological polar surface area (TPSA) is 76.7 Å². The van der Waals surface area contributed by atoms with Crippen LogP contribution in [0.3, 0.4) is 0 Å². The lowest BCUT2D eigenvalue weighted by Crippen LogP contribution is -2.15. The minimum absolute atomic E-state index is 0.0356. The molecule has 2 N–H and O–H groups in total. The van der Waals surface area contributed by atoms with Crippen LogP contribution in [0.1, 0.15) is 55.8 Å². The van der Waals surface area contributed by atoms with Crippen LogP contribution in [0.2, 0.25) is 0 Å². The molecule has 1 saturated carbocycles. The molecule has 0 heterocycles. The van der Waals surface area contributed by atoms with Gasteiger partial charge in [-0.2, -0.15) is 0 Å². The number of benzene rings is 2. The van der Waals surface area contributed by atoms with E-state index in [4.69, 9.17) is 9.47 Å². The molecule has 6 heteroatoms. The summed E-state index contributed by atoms with van der Waals surface area (Å²) < 4.78 is 11.2. The molecule has 3 rings (SSSR count). The number of nitrogens with one attached hydrogen (secondary N) is 2. The van der Waals surface area contributed by atoms with Crippen LogP contribution in [0, 0.1) is 5.92 Å². The minimum Gasteiger partial charge on any atom is -0.493 e. The lowest BCUT2D eigenvalue weighted by atomic mass is 10.1. The molecule has 2 aromatic carbocycles. The molecule has 0 aromatic heterocycles. The van der Waals surface area contributed by atoms with E-state index in [2.05, 4.69) is 17.6 Å². The third kappa shape index (κ3) is 6.24. The molecule has 6 nitrogen and oxygen atoms in total. The van der Waals surface area contributed by atoms with Gasteiger partial charge in [0, 0.05) is 22.9 Å². The summed E-state index contributed by atoms with van der Waals surface area (Å²) in [5, 5.41) is 5.76. The number of anilines is 2. The summed E-state index contributed by atoms with van der Waals surface area (Å²) in [5.41, 5.74) is 1.76. The summed E-state index contributed by atoms with van der Waals surface area (Å²) in [6, 6.07) is 12.3. The molecule has 1 aliphatic carbocycles. The van der Waals surface area contributed by atoms with Crippen LogP contribution in [0.15, 0.2) is 42.5 Å². The summed E-state index contributed by atoms with van der Waals surface area (Å²) in [7, 11) is 1.56. The molecule has 160 valence electrons. The quantitative estimate of drug-likeness (QED) is 0.496. The van der Waals surface area contributed by atoms with Gasteiger partial charge in [0.1, 0.15) is 0 Å². The number of hydrogen-bond acceptors (Lipinski definition) is 4. The van der Waals surface area contributed by atoms with Crippen LogP contribution < -0.4 is 20.1 Å². The molecule has 0 saturated heterocycles. The van der Waals surface area contributed by atoms with Crippen molar-refractivity contribution in [2.45, 2.75) is 45.4 Å². The maximum Gasteiger partial charge on any atom is 0.255 e. The standard InChI is InChI=1S/C24H30N2O4/c1-3-4-5-6-14-30-21-13-12-18(15-22(21)29-2)24(28)26-20-9-7-8-19(16-20)25-23(27)17-10-11-17/h7-9,12-13,15-17H,3-6,10-11,14H2,1-2H3,(H,25,27)(H,26,28). The number of methoxy groups -OCH3 is 1. The summed E-state index contributed by atoms with van der Waals surface area (Å²) in [6.07, 6.45) is 6.41. The van der Waals surface area contributed by atoms with E-state index in [-0.39, 0.29) is 17.7 Å². The number of unbranched alkanes of at least 4 members (excludes halogenated alkanes) is 3. The molecule has 0 radical (unpaired) electrons. The fourth-order valence-electron chi connectivity index (χ4n) is 3.11. The maximum atomic E-state index is 12.7. The summed E-state index contributed by atoms with van der Waals surface area (Å²) in [5.74, 6) is 1.07. The SMILES string of the molecule is CCCCCCOc1ccc(C(=O)Nc2cccc(NC(=O)C3CC3)c2)cc1OC. The lowest BCUT2D eigenvalue weighted by Gasteiger charge is -2.13. The lowest BCUT2D eigenvalue weighted by molar-refractivity contribution is -0.117. The number of hydrogen-bond donors (Lipinski definition) is 2. The van der Waals surface area contributed by atoms with E-state index in [0.717, 1.165) is 25.7 Å². The number of ether oxygens (including phenoxy) is 2. The maximum absolute atomic E-state index is 12.7. The number of carbonyl (C=O) groups excluding carboxylic acids is 2. The molecule has 1 fully saturated rings. The molecule has 0 atom stereocenters. The van der Waals surface area contributed by atoms with Crippen molar-refractivity contribution in [2.75, 3.05) is 24.4 Å². The van der Waals surface area contributed by atoms with Crippen LogP contribution in [0.25, 0.3) is 0 Å². The van der Waals surface area contributed by atoms with Crippen LogP contribution in [-0.2, 0) is 4.79 Å². The smallest absolute Gasteiger partial charge is 0.255 e. The first kappa shape index (κ1) is 21.7. The first-order valence-electron chi connectivity index (χ1n) is 10.6. The Balaban J connectivity index is 1.60. The fourth-order valence-corrected chi connectivity index (χ4v) is 3.11. The molecule has 30 heavy (non-hydrogen) atoms. The Kier molecular flexibility index (Phi) is 7.71. The van der Waals surface area contributed by atoms with Gasteiger partial charge in [-0.3, -0.25) is 9.59 Å². The minimum atomic E-state index is -0.256. The Morgan fingerprint density at radius 2 is 1.73 bits per heavy atom. The van der Waals surface area contributed by atoms with Crippen molar-refractivity contribution >= 4 is 23.2 Å². The summed E-state index contributed by atoms with van der Waals surface area (Å²) >= 11 is 0. The van der Waals surface area contributed by atoms with E-state index < -0.39 is 0 Å². The van der Waals surface area contributed by atoms with Crippen LogP contribution >= 0.6 is 0 Å². The normalized spacial score (nSPS) is 12.9. The second-order valence-corrected chi connectivity index (χ2v) is 7.57. The summed E-state index contributed by atoms with van der Waals surface area (Å²) in [4.78, 5) is 24.6. The molecule has 0 bridgehead atoms. The highest BCUT2D eigenvalue weighted by Crippen LogP contribution is 2.31. The zero-order chi connectivity index (χ0) is 21.3. The van der Waals surface area contributed by atoms with Crippen LogP contribution in [-0.4, -0.2) is 25.5 Å². The Labute approximate surface area is 178 Å². The Morgan fingerprint density at radius 3 is 2.43 bits per heavy atom. The van der Waals surface area contributed by atoms with E-state index in [9.17, 15) is 9.59 Å². The largest absolute Gasteiger partial charge is 0.493 e. The molecular formula is C24H30N2O4. The van der Waals surface area contributed by atoms with Gasteiger partial charge in [-0.05, 0) is 55.7 Å². The van der Waals surface area contributed by atoms with Gasteiger partial charge in [-0.15, -0.1) is 0 Å². The van der Waals surface area contributed by atoms with Gasteiger partial charge < -0.3 is 20.1 Å². The molecule has 2 aromatic rings. The van der Waals surface area contributed by atoms with E-state index >= 15 is 0 Å². The molecule has 0 unspecified atom stereocenters. The predicted molar refractivity (Wildman–Crippen MR) is 118 cm³/mol. The summed E-state index contributed by atoms with van der Waals surface area (Å²) in [6.45, 7) is 2.80. The molecule has 0 aliphatic heterocycles. The number of amides is 2. The van der Waals surface area contributed by atoms with Crippen molar-refractivity contribution in [1.29, 1.82) is 0 Å². The highest BCUT2D eigenvalue weighted by Gasteiger charge is 2.29. The third-order valence-electron chi connectivity index (χ3n) is 5.02. The van der Waals surface area contributed by atoms with Gasteiger partial charge in [0.2, 0.25) is 5.91 Å². The first-order valence-corrected chi connectivity index (χ1v) is 10.6. The molecular weight excluding hydrogens is 380 g/mol. The first-order chi connectivity index (χ1) is 14.6. The predicted octanol–water partition coefficient (Wildman–Crippen LogP) is 5.26. The number of carbonyl (C=O) groups is 2. The van der Waals surface area contributed by atoms with Crippen molar-refractivity contribution in [3.05, 3.63) is 48.0 Å². The molecule has 2 amide bonds. The molecule has 0 spiro atoms. The highest BCUT2D eigenvalue weighted by atomic mass is 16.5. The second-order valence-electron chi connectivity index (χ2n) is 7.57. The third-order valence-corrected chi connectivity index (χ3v) is 5.02. The average Bonchev–Trinajstić information content (AvgIpc) is 3.59. The van der Waals surface area contributed by atoms with Crippen molar-refractivity contribution in [1.82, 2.24) is 0 Å². The average molecular weight is 411 g/mol. The zero-order valence-corrected chi connectivity index (χ0v) is 17.7. The van der Waals surface area contributed by atoms with E-state index in [0.29, 0.717) is 35.0 Å². The van der Waals surface area contributed by atoms with Gasteiger partial charge in [0.05, 0.1) is 13.7 Å². The van der Waals surface area contributed by atoms with Crippen molar-refractivity contribution in [3.63, 3.8) is 0 Å². The second kappa shape index (κ2) is 10.7. The van der Waals surface area contributed by atoms with E-state index in [1.807, 2.05) is 6.07 Å².